The van der Waals surface area contributed by atoms with Crippen LogP contribution in [0.1, 0.15) is 37.6 Å². The molecule has 0 bridgehead atoms. The van der Waals surface area contributed by atoms with Gasteiger partial charge in [0.1, 0.15) is 24.7 Å². The van der Waals surface area contributed by atoms with Gasteiger partial charge in [0.25, 0.3) is 0 Å². The summed E-state index contributed by atoms with van der Waals surface area (Å²) in [6, 6.07) is 15.5. The third kappa shape index (κ3) is 7.39. The quantitative estimate of drug-likeness (QED) is 0.410. The Kier molecular flexibility index (Phi) is 9.76. The van der Waals surface area contributed by atoms with Crippen LogP contribution < -0.4 is 9.47 Å². The van der Waals surface area contributed by atoms with Crippen LogP contribution in [-0.4, -0.2) is 66.1 Å². The highest BCUT2D eigenvalue weighted by atomic mass is 16.7. The van der Waals surface area contributed by atoms with Gasteiger partial charge in [0.2, 0.25) is 0 Å². The lowest BCUT2D eigenvalue weighted by Crippen LogP contribution is -2.49. The largest absolute Gasteiger partial charge is 0.491 e. The molecule has 0 aliphatic carbocycles. The number of hydrogen-bond donors (Lipinski definition) is 0. The van der Waals surface area contributed by atoms with Crippen molar-refractivity contribution in [2.45, 2.75) is 26.4 Å². The molecule has 35 heavy (non-hydrogen) atoms. The number of rotatable bonds is 12. The van der Waals surface area contributed by atoms with Gasteiger partial charge in [-0.25, -0.2) is 0 Å². The van der Waals surface area contributed by atoms with Crippen LogP contribution in [0.15, 0.2) is 48.5 Å². The van der Waals surface area contributed by atoms with E-state index in [4.69, 9.17) is 37.9 Å². The van der Waals surface area contributed by atoms with E-state index in [-0.39, 0.29) is 5.41 Å². The number of hydrogen-bond acceptors (Lipinski definition) is 8. The lowest BCUT2D eigenvalue weighted by Gasteiger charge is -2.43. The molecule has 0 saturated carbocycles. The third-order valence-electron chi connectivity index (χ3n) is 5.87. The van der Waals surface area contributed by atoms with E-state index in [0.29, 0.717) is 66.1 Å². The standard InChI is InChI=1S/C27H36O8/c1-3-28-13-15-30-23-9-5-21(6-10-23)25-32-17-27(18-33-25)19-34-26(35-20-27)22-7-11-24(12-8-22)31-16-14-29-4-2/h5-12,25-26H,3-4,13-20H2,1-2H3. The van der Waals surface area contributed by atoms with Crippen LogP contribution in [0.5, 0.6) is 11.5 Å². The maximum Gasteiger partial charge on any atom is 0.183 e. The van der Waals surface area contributed by atoms with Crippen LogP contribution in [0.3, 0.4) is 0 Å². The van der Waals surface area contributed by atoms with Gasteiger partial charge in [-0.05, 0) is 38.1 Å². The molecule has 192 valence electrons. The lowest BCUT2D eigenvalue weighted by molar-refractivity contribution is -0.307. The molecule has 2 aromatic carbocycles. The average molecular weight is 489 g/mol. The van der Waals surface area contributed by atoms with Crippen LogP contribution in [0.2, 0.25) is 0 Å². The Labute approximate surface area is 207 Å². The van der Waals surface area contributed by atoms with E-state index in [0.717, 1.165) is 22.6 Å². The zero-order chi connectivity index (χ0) is 24.3. The van der Waals surface area contributed by atoms with Crippen molar-refractivity contribution in [1.29, 1.82) is 0 Å². The highest BCUT2D eigenvalue weighted by Gasteiger charge is 2.42. The van der Waals surface area contributed by atoms with E-state index >= 15 is 0 Å². The summed E-state index contributed by atoms with van der Waals surface area (Å²) in [5, 5.41) is 0. The van der Waals surface area contributed by atoms with Crippen molar-refractivity contribution in [1.82, 2.24) is 0 Å². The van der Waals surface area contributed by atoms with E-state index in [9.17, 15) is 0 Å². The smallest absolute Gasteiger partial charge is 0.183 e. The molecule has 8 heteroatoms. The molecular weight excluding hydrogens is 452 g/mol. The van der Waals surface area contributed by atoms with Gasteiger partial charge in [0.05, 0.1) is 45.1 Å². The monoisotopic (exact) mass is 488 g/mol. The lowest BCUT2D eigenvalue weighted by atomic mass is 9.90. The Morgan fingerprint density at radius 3 is 1.31 bits per heavy atom. The fourth-order valence-electron chi connectivity index (χ4n) is 3.91. The van der Waals surface area contributed by atoms with Crippen LogP contribution >= 0.6 is 0 Å². The molecule has 2 aliphatic rings. The van der Waals surface area contributed by atoms with Crippen LogP contribution in [-0.2, 0) is 28.4 Å². The Bertz CT molecular complexity index is 777. The van der Waals surface area contributed by atoms with E-state index in [2.05, 4.69) is 0 Å². The molecule has 0 unspecified atom stereocenters. The molecule has 2 heterocycles. The molecule has 2 fully saturated rings. The highest BCUT2D eigenvalue weighted by molar-refractivity contribution is 5.29. The molecular formula is C27H36O8. The Balaban J connectivity index is 1.20. The van der Waals surface area contributed by atoms with E-state index in [1.807, 2.05) is 62.4 Å². The maximum absolute atomic E-state index is 6.05. The van der Waals surface area contributed by atoms with Crippen molar-refractivity contribution in [2.24, 2.45) is 5.41 Å². The third-order valence-corrected chi connectivity index (χ3v) is 5.87. The SMILES string of the molecule is CCOCCOc1ccc(C2OCC3(CO2)COC(c2ccc(OCCOCC)cc2)OC3)cc1. The molecule has 2 saturated heterocycles. The molecule has 1 spiro atoms. The van der Waals surface area contributed by atoms with Gasteiger partial charge in [-0.1, -0.05) is 24.3 Å². The molecule has 0 aromatic heterocycles. The summed E-state index contributed by atoms with van der Waals surface area (Å²) >= 11 is 0. The molecule has 0 radical (unpaired) electrons. The first-order valence-corrected chi connectivity index (χ1v) is 12.3. The van der Waals surface area contributed by atoms with E-state index < -0.39 is 12.6 Å². The topological polar surface area (TPSA) is 73.8 Å². The molecule has 0 amide bonds. The van der Waals surface area contributed by atoms with E-state index in [1.165, 1.54) is 0 Å². The molecule has 2 aliphatic heterocycles. The van der Waals surface area contributed by atoms with Gasteiger partial charge in [-0.2, -0.15) is 0 Å². The average Bonchev–Trinajstić information content (AvgIpc) is 2.91. The molecule has 0 atom stereocenters. The highest BCUT2D eigenvalue weighted by Crippen LogP contribution is 2.38. The van der Waals surface area contributed by atoms with Crippen molar-refractivity contribution in [2.75, 3.05) is 66.1 Å². The van der Waals surface area contributed by atoms with Gasteiger partial charge >= 0.3 is 0 Å². The van der Waals surface area contributed by atoms with Crippen LogP contribution in [0, 0.1) is 5.41 Å². The predicted octanol–water partition coefficient (Wildman–Crippen LogP) is 4.29. The maximum atomic E-state index is 6.05. The van der Waals surface area contributed by atoms with Gasteiger partial charge in [0, 0.05) is 24.3 Å². The first-order valence-electron chi connectivity index (χ1n) is 12.3. The molecule has 8 nitrogen and oxygen atoms in total. The second kappa shape index (κ2) is 13.2. The summed E-state index contributed by atoms with van der Waals surface area (Å²) in [7, 11) is 0. The summed E-state index contributed by atoms with van der Waals surface area (Å²) in [6.45, 7) is 9.54. The summed E-state index contributed by atoms with van der Waals surface area (Å²) < 4.78 is 46.1. The van der Waals surface area contributed by atoms with Gasteiger partial charge in [0.15, 0.2) is 12.6 Å². The molecule has 2 aromatic rings. The predicted molar refractivity (Wildman–Crippen MR) is 129 cm³/mol. The summed E-state index contributed by atoms with van der Waals surface area (Å²) in [4.78, 5) is 0. The number of benzene rings is 2. The fourth-order valence-corrected chi connectivity index (χ4v) is 3.91. The zero-order valence-electron chi connectivity index (χ0n) is 20.6. The van der Waals surface area contributed by atoms with Crippen molar-refractivity contribution in [3.05, 3.63) is 59.7 Å². The fraction of sp³-hybridized carbons (Fsp3) is 0.556. The van der Waals surface area contributed by atoms with Gasteiger partial charge < -0.3 is 37.9 Å². The van der Waals surface area contributed by atoms with Crippen molar-refractivity contribution < 1.29 is 37.9 Å². The normalized spacial score (nSPS) is 24.4. The first kappa shape index (κ1) is 25.9. The minimum Gasteiger partial charge on any atom is -0.491 e. The van der Waals surface area contributed by atoms with Crippen molar-refractivity contribution >= 4 is 0 Å². The Morgan fingerprint density at radius 2 is 0.971 bits per heavy atom. The minimum atomic E-state index is -0.411. The Hall–Kier alpha value is -2.20. The zero-order valence-corrected chi connectivity index (χ0v) is 20.6. The van der Waals surface area contributed by atoms with Gasteiger partial charge in [-0.3, -0.25) is 0 Å². The van der Waals surface area contributed by atoms with Crippen LogP contribution in [0.4, 0.5) is 0 Å². The minimum absolute atomic E-state index is 0.308. The second-order valence-corrected chi connectivity index (χ2v) is 8.64. The van der Waals surface area contributed by atoms with E-state index in [1.54, 1.807) is 0 Å². The number of ether oxygens (including phenoxy) is 8. The molecule has 4 rings (SSSR count). The van der Waals surface area contributed by atoms with Crippen molar-refractivity contribution in [3.63, 3.8) is 0 Å². The van der Waals surface area contributed by atoms with Crippen molar-refractivity contribution in [3.8, 4) is 11.5 Å². The van der Waals surface area contributed by atoms with Crippen LogP contribution in [0.25, 0.3) is 0 Å². The Morgan fingerprint density at radius 1 is 0.600 bits per heavy atom. The second-order valence-electron chi connectivity index (χ2n) is 8.64. The van der Waals surface area contributed by atoms with Gasteiger partial charge in [-0.15, -0.1) is 0 Å². The molecule has 0 N–H and O–H groups in total. The summed E-state index contributed by atoms with van der Waals surface area (Å²) in [5.41, 5.74) is 1.60. The summed E-state index contributed by atoms with van der Waals surface area (Å²) in [6.07, 6.45) is -0.822. The first-order chi connectivity index (χ1) is 17.2. The summed E-state index contributed by atoms with van der Waals surface area (Å²) in [5.74, 6) is 1.59.